The molecule has 1 N–H and O–H groups in total. The van der Waals surface area contributed by atoms with Crippen molar-refractivity contribution >= 4 is 11.8 Å². The van der Waals surface area contributed by atoms with Crippen molar-refractivity contribution in [1.82, 2.24) is 0 Å². The molecule has 0 aliphatic heterocycles. The summed E-state index contributed by atoms with van der Waals surface area (Å²) in [5, 5.41) is 9.01. The molecule has 0 aliphatic rings. The van der Waals surface area contributed by atoms with Gasteiger partial charge >= 0.3 is 5.97 Å². The van der Waals surface area contributed by atoms with Gasteiger partial charge in [-0.2, -0.15) is 0 Å². The van der Waals surface area contributed by atoms with Crippen molar-refractivity contribution in [1.29, 1.82) is 0 Å². The lowest BCUT2D eigenvalue weighted by atomic mass is 10.1. The third-order valence-electron chi connectivity index (χ3n) is 1.97. The number of rotatable bonds is 4. The average molecular weight is 208 g/mol. The van der Waals surface area contributed by atoms with E-state index in [1.165, 1.54) is 31.4 Å². The lowest BCUT2D eigenvalue weighted by molar-refractivity contribution is -0.140. The van der Waals surface area contributed by atoms with Crippen molar-refractivity contribution in [2.75, 3.05) is 7.11 Å². The summed E-state index contributed by atoms with van der Waals surface area (Å²) < 4.78 is 4.42. The van der Waals surface area contributed by atoms with Gasteiger partial charge in [0.05, 0.1) is 13.5 Å². The first kappa shape index (κ1) is 11.2. The van der Waals surface area contributed by atoms with E-state index in [-0.39, 0.29) is 24.4 Å². The number of phenolic OH excluding ortho intramolecular Hbond substituents is 1. The van der Waals surface area contributed by atoms with Crippen LogP contribution in [0.2, 0.25) is 0 Å². The minimum atomic E-state index is -0.401. The highest BCUT2D eigenvalue weighted by atomic mass is 16.5. The van der Waals surface area contributed by atoms with E-state index in [1.54, 1.807) is 0 Å². The molecule has 0 saturated carbocycles. The third-order valence-corrected chi connectivity index (χ3v) is 1.97. The number of benzene rings is 1. The minimum Gasteiger partial charge on any atom is -0.508 e. The number of phenols is 1. The molecule has 1 aromatic rings. The maximum absolute atomic E-state index is 11.5. The van der Waals surface area contributed by atoms with Crippen LogP contribution in [0.4, 0.5) is 0 Å². The van der Waals surface area contributed by atoms with Gasteiger partial charge in [0.15, 0.2) is 5.78 Å². The first-order valence-corrected chi connectivity index (χ1v) is 4.52. The molecule has 0 heterocycles. The van der Waals surface area contributed by atoms with Gasteiger partial charge in [0.2, 0.25) is 0 Å². The van der Waals surface area contributed by atoms with Crippen molar-refractivity contribution in [2.24, 2.45) is 0 Å². The average Bonchev–Trinajstić information content (AvgIpc) is 2.26. The van der Waals surface area contributed by atoms with Crippen LogP contribution >= 0.6 is 0 Å². The van der Waals surface area contributed by atoms with Crippen LogP contribution in [0, 0.1) is 0 Å². The second-order valence-electron chi connectivity index (χ2n) is 3.05. The number of aromatic hydroxyl groups is 1. The zero-order valence-electron chi connectivity index (χ0n) is 8.40. The highest BCUT2D eigenvalue weighted by molar-refractivity contribution is 5.97. The Hall–Kier alpha value is -1.84. The van der Waals surface area contributed by atoms with E-state index in [2.05, 4.69) is 4.74 Å². The van der Waals surface area contributed by atoms with Gasteiger partial charge in [-0.3, -0.25) is 9.59 Å². The molecule has 0 atom stereocenters. The van der Waals surface area contributed by atoms with Gasteiger partial charge in [-0.25, -0.2) is 0 Å². The summed E-state index contributed by atoms with van der Waals surface area (Å²) in [7, 11) is 1.29. The molecule has 0 amide bonds. The predicted molar refractivity (Wildman–Crippen MR) is 53.7 cm³/mol. The van der Waals surface area contributed by atoms with Gasteiger partial charge in [0, 0.05) is 12.0 Å². The fraction of sp³-hybridized carbons (Fsp3) is 0.273. The van der Waals surface area contributed by atoms with Crippen molar-refractivity contribution in [3.8, 4) is 5.75 Å². The van der Waals surface area contributed by atoms with Gasteiger partial charge in [-0.05, 0) is 24.3 Å². The first-order valence-electron chi connectivity index (χ1n) is 4.52. The summed E-state index contributed by atoms with van der Waals surface area (Å²) in [5.41, 5.74) is 0.483. The van der Waals surface area contributed by atoms with Crippen LogP contribution in [0.25, 0.3) is 0 Å². The Balaban J connectivity index is 2.54. The van der Waals surface area contributed by atoms with Gasteiger partial charge in [-0.1, -0.05) is 0 Å². The summed E-state index contributed by atoms with van der Waals surface area (Å²) in [4.78, 5) is 22.3. The number of Topliss-reactive ketones (excluding diaryl/α,β-unsaturated/α-hetero) is 1. The molecule has 80 valence electrons. The Kier molecular flexibility index (Phi) is 3.85. The molecule has 0 radical (unpaired) electrons. The molecule has 0 fully saturated rings. The van der Waals surface area contributed by atoms with Gasteiger partial charge in [-0.15, -0.1) is 0 Å². The van der Waals surface area contributed by atoms with E-state index in [0.717, 1.165) is 0 Å². The van der Waals surface area contributed by atoms with E-state index in [0.29, 0.717) is 5.56 Å². The molecular formula is C11H12O4. The Bertz CT molecular complexity index is 353. The van der Waals surface area contributed by atoms with E-state index in [1.807, 2.05) is 0 Å². The number of hydrogen-bond donors (Lipinski definition) is 1. The van der Waals surface area contributed by atoms with Crippen LogP contribution in [0.1, 0.15) is 23.2 Å². The lowest BCUT2D eigenvalue weighted by Crippen LogP contribution is -2.05. The molecule has 0 bridgehead atoms. The molecule has 0 saturated heterocycles. The molecule has 15 heavy (non-hydrogen) atoms. The van der Waals surface area contributed by atoms with Crippen LogP contribution in [0.5, 0.6) is 5.75 Å². The molecule has 1 rings (SSSR count). The molecule has 0 aliphatic carbocycles. The molecule has 0 spiro atoms. The fourth-order valence-electron chi connectivity index (χ4n) is 1.11. The van der Waals surface area contributed by atoms with E-state index < -0.39 is 5.97 Å². The lowest BCUT2D eigenvalue weighted by Gasteiger charge is -2.00. The summed E-state index contributed by atoms with van der Waals surface area (Å²) >= 11 is 0. The number of esters is 1. The Morgan fingerprint density at radius 3 is 2.33 bits per heavy atom. The standard InChI is InChI=1S/C11H12O4/c1-15-11(14)7-6-10(13)8-2-4-9(12)5-3-8/h2-5,12H,6-7H2,1H3. The first-order chi connectivity index (χ1) is 7.13. The van der Waals surface area contributed by atoms with Crippen LogP contribution in [0.15, 0.2) is 24.3 Å². The third kappa shape index (κ3) is 3.42. The number of methoxy groups -OCH3 is 1. The van der Waals surface area contributed by atoms with Gasteiger partial charge in [0.25, 0.3) is 0 Å². The SMILES string of the molecule is COC(=O)CCC(=O)c1ccc(O)cc1. The topological polar surface area (TPSA) is 63.6 Å². The number of ketones is 1. The summed E-state index contributed by atoms with van der Waals surface area (Å²) in [6.45, 7) is 0. The Morgan fingerprint density at radius 1 is 1.20 bits per heavy atom. The van der Waals surface area contributed by atoms with Crippen LogP contribution < -0.4 is 0 Å². The largest absolute Gasteiger partial charge is 0.508 e. The van der Waals surface area contributed by atoms with E-state index in [9.17, 15) is 9.59 Å². The maximum atomic E-state index is 11.5. The van der Waals surface area contributed by atoms with Gasteiger partial charge in [0.1, 0.15) is 5.75 Å². The number of hydrogen-bond acceptors (Lipinski definition) is 4. The summed E-state index contributed by atoms with van der Waals surface area (Å²) in [6, 6.07) is 5.92. The molecule has 4 nitrogen and oxygen atoms in total. The quantitative estimate of drug-likeness (QED) is 0.602. The monoisotopic (exact) mass is 208 g/mol. The molecule has 0 unspecified atom stereocenters. The Labute approximate surface area is 87.5 Å². The van der Waals surface area contributed by atoms with Crippen molar-refractivity contribution in [3.63, 3.8) is 0 Å². The molecule has 4 heteroatoms. The highest BCUT2D eigenvalue weighted by Crippen LogP contribution is 2.12. The normalized spacial score (nSPS) is 9.67. The van der Waals surface area contributed by atoms with Crippen LogP contribution in [-0.4, -0.2) is 24.0 Å². The predicted octanol–water partition coefficient (Wildman–Crippen LogP) is 1.53. The maximum Gasteiger partial charge on any atom is 0.305 e. The second kappa shape index (κ2) is 5.14. The molecule has 0 aromatic heterocycles. The van der Waals surface area contributed by atoms with Crippen LogP contribution in [-0.2, 0) is 9.53 Å². The molecule has 1 aromatic carbocycles. The zero-order valence-corrected chi connectivity index (χ0v) is 8.40. The molecular weight excluding hydrogens is 196 g/mol. The van der Waals surface area contributed by atoms with Crippen molar-refractivity contribution in [3.05, 3.63) is 29.8 Å². The number of ether oxygens (including phenoxy) is 1. The zero-order chi connectivity index (χ0) is 11.3. The van der Waals surface area contributed by atoms with E-state index in [4.69, 9.17) is 5.11 Å². The Morgan fingerprint density at radius 2 is 1.80 bits per heavy atom. The fourth-order valence-corrected chi connectivity index (χ4v) is 1.11. The number of carbonyl (C=O) groups is 2. The van der Waals surface area contributed by atoms with Gasteiger partial charge < -0.3 is 9.84 Å². The smallest absolute Gasteiger partial charge is 0.305 e. The summed E-state index contributed by atoms with van der Waals surface area (Å²) in [5.74, 6) is -0.429. The second-order valence-corrected chi connectivity index (χ2v) is 3.05. The minimum absolute atomic E-state index is 0.0796. The van der Waals surface area contributed by atoms with Crippen molar-refractivity contribution in [2.45, 2.75) is 12.8 Å². The summed E-state index contributed by atoms with van der Waals surface area (Å²) in [6.07, 6.45) is 0.202. The van der Waals surface area contributed by atoms with E-state index >= 15 is 0 Å². The van der Waals surface area contributed by atoms with Crippen molar-refractivity contribution < 1.29 is 19.4 Å². The highest BCUT2D eigenvalue weighted by Gasteiger charge is 2.08. The number of carbonyl (C=O) groups excluding carboxylic acids is 2. The van der Waals surface area contributed by atoms with Crippen LogP contribution in [0.3, 0.4) is 0 Å².